The smallest absolute Gasteiger partial charge is 0.328 e. The minimum atomic E-state index is -1.13. The molecule has 0 spiro atoms. The van der Waals surface area contributed by atoms with Crippen molar-refractivity contribution in [1.82, 2.24) is 16.0 Å². The van der Waals surface area contributed by atoms with E-state index in [2.05, 4.69) is 30.2 Å². The van der Waals surface area contributed by atoms with Gasteiger partial charge in [0.25, 0.3) is 0 Å². The van der Waals surface area contributed by atoms with Crippen molar-refractivity contribution in [2.45, 2.75) is 37.8 Å². The van der Waals surface area contributed by atoms with Crippen LogP contribution in [0.25, 0.3) is 0 Å². The largest absolute Gasteiger partial charge is 0.469 e. The average Bonchev–Trinajstić information content (AvgIpc) is 2.70. The van der Waals surface area contributed by atoms with Crippen LogP contribution in [0.4, 0.5) is 4.79 Å². The van der Waals surface area contributed by atoms with Crippen molar-refractivity contribution in [2.24, 2.45) is 5.73 Å². The van der Waals surface area contributed by atoms with Crippen molar-refractivity contribution in [3.8, 4) is 0 Å². The SMILES string of the molecule is COC(=O)CCC(NC(=O)NC(CCC(=O)NCCN)C(=O)OC)C(=O)OC. The lowest BCUT2D eigenvalue weighted by Crippen LogP contribution is -2.51. The van der Waals surface area contributed by atoms with Gasteiger partial charge >= 0.3 is 23.9 Å². The van der Waals surface area contributed by atoms with Gasteiger partial charge < -0.3 is 35.9 Å². The van der Waals surface area contributed by atoms with E-state index in [9.17, 15) is 24.0 Å². The molecule has 5 N–H and O–H groups in total. The van der Waals surface area contributed by atoms with Crippen LogP contribution < -0.4 is 21.7 Å². The number of ether oxygens (including phenoxy) is 3. The first-order valence-electron chi connectivity index (χ1n) is 8.55. The summed E-state index contributed by atoms with van der Waals surface area (Å²) in [5, 5.41) is 7.19. The van der Waals surface area contributed by atoms with Crippen LogP contribution in [0, 0.1) is 0 Å². The molecule has 0 aromatic rings. The maximum absolute atomic E-state index is 12.2. The third-order valence-corrected chi connectivity index (χ3v) is 3.57. The Balaban J connectivity index is 4.82. The molecule has 0 heterocycles. The fourth-order valence-corrected chi connectivity index (χ4v) is 2.08. The van der Waals surface area contributed by atoms with Crippen LogP contribution in [0.2, 0.25) is 0 Å². The van der Waals surface area contributed by atoms with E-state index in [1.807, 2.05) is 0 Å². The molecule has 2 atom stereocenters. The second-order valence-electron chi connectivity index (χ2n) is 5.56. The van der Waals surface area contributed by atoms with Crippen LogP contribution in [-0.4, -0.2) is 76.3 Å². The van der Waals surface area contributed by atoms with Crippen molar-refractivity contribution >= 4 is 29.8 Å². The zero-order valence-corrected chi connectivity index (χ0v) is 16.2. The van der Waals surface area contributed by atoms with Gasteiger partial charge in [-0.15, -0.1) is 0 Å². The van der Waals surface area contributed by atoms with Gasteiger partial charge in [-0.1, -0.05) is 0 Å². The van der Waals surface area contributed by atoms with Gasteiger partial charge in [0.05, 0.1) is 21.3 Å². The van der Waals surface area contributed by atoms with Crippen molar-refractivity contribution in [2.75, 3.05) is 34.4 Å². The van der Waals surface area contributed by atoms with Crippen molar-refractivity contribution in [3.05, 3.63) is 0 Å². The number of methoxy groups -OCH3 is 3. The van der Waals surface area contributed by atoms with E-state index < -0.39 is 36.0 Å². The average molecular weight is 404 g/mol. The van der Waals surface area contributed by atoms with Crippen molar-refractivity contribution in [3.63, 3.8) is 0 Å². The topological polar surface area (TPSA) is 175 Å². The molecule has 0 saturated carbocycles. The van der Waals surface area contributed by atoms with Gasteiger partial charge in [0.2, 0.25) is 5.91 Å². The minimum absolute atomic E-state index is 0.0262. The van der Waals surface area contributed by atoms with E-state index in [0.29, 0.717) is 0 Å². The predicted octanol–water partition coefficient (Wildman–Crippen LogP) is -1.82. The lowest BCUT2D eigenvalue weighted by molar-refractivity contribution is -0.144. The first kappa shape index (κ1) is 25.1. The van der Waals surface area contributed by atoms with Gasteiger partial charge in [0, 0.05) is 25.9 Å². The second kappa shape index (κ2) is 14.2. The molecule has 0 aliphatic carbocycles. The molecule has 0 saturated heterocycles. The molecule has 12 nitrogen and oxygen atoms in total. The molecule has 160 valence electrons. The Labute approximate surface area is 162 Å². The van der Waals surface area contributed by atoms with E-state index in [4.69, 9.17) is 5.73 Å². The fourth-order valence-electron chi connectivity index (χ4n) is 2.08. The summed E-state index contributed by atoms with van der Waals surface area (Å²) in [5.74, 6) is -2.43. The number of hydrogen-bond acceptors (Lipinski definition) is 9. The van der Waals surface area contributed by atoms with E-state index in [0.717, 1.165) is 14.2 Å². The zero-order valence-electron chi connectivity index (χ0n) is 16.2. The Morgan fingerprint density at radius 2 is 1.32 bits per heavy atom. The van der Waals surface area contributed by atoms with E-state index in [1.165, 1.54) is 7.11 Å². The van der Waals surface area contributed by atoms with Gasteiger partial charge in [-0.25, -0.2) is 14.4 Å². The van der Waals surface area contributed by atoms with Gasteiger partial charge in [-0.3, -0.25) is 9.59 Å². The lowest BCUT2D eigenvalue weighted by atomic mass is 10.1. The highest BCUT2D eigenvalue weighted by atomic mass is 16.5. The van der Waals surface area contributed by atoms with E-state index in [1.54, 1.807) is 0 Å². The minimum Gasteiger partial charge on any atom is -0.469 e. The van der Waals surface area contributed by atoms with Gasteiger partial charge in [-0.05, 0) is 12.8 Å². The molecule has 0 fully saturated rings. The summed E-state index contributed by atoms with van der Waals surface area (Å²) < 4.78 is 13.7. The number of rotatable bonds is 12. The molecular weight excluding hydrogens is 376 g/mol. The van der Waals surface area contributed by atoms with Crippen molar-refractivity contribution in [1.29, 1.82) is 0 Å². The van der Waals surface area contributed by atoms with Gasteiger partial charge in [0.15, 0.2) is 0 Å². The molecule has 2 unspecified atom stereocenters. The normalized spacial score (nSPS) is 12.1. The number of nitrogens with two attached hydrogens (primary N) is 1. The standard InChI is InChI=1S/C16H28N4O8/c1-26-13(22)7-5-11(15(24)28-3)20-16(25)19-10(14(23)27-2)4-6-12(21)18-9-8-17/h10-11H,4-9,17H2,1-3H3,(H,18,21)(H2,19,20,25). The van der Waals surface area contributed by atoms with E-state index >= 15 is 0 Å². The van der Waals surface area contributed by atoms with Crippen LogP contribution in [0.3, 0.4) is 0 Å². The van der Waals surface area contributed by atoms with Crippen LogP contribution in [0.5, 0.6) is 0 Å². The molecule has 0 rings (SSSR count). The number of nitrogens with one attached hydrogen (secondary N) is 3. The van der Waals surface area contributed by atoms with Crippen LogP contribution in [-0.2, 0) is 33.4 Å². The highest BCUT2D eigenvalue weighted by Crippen LogP contribution is 2.03. The van der Waals surface area contributed by atoms with Crippen LogP contribution >= 0.6 is 0 Å². The summed E-state index contributed by atoms with van der Waals surface area (Å²) in [7, 11) is 3.46. The Kier molecular flexibility index (Phi) is 12.7. The molecule has 0 radical (unpaired) electrons. The molecular formula is C16H28N4O8. The maximum atomic E-state index is 12.2. The first-order chi connectivity index (χ1) is 13.3. The number of hydrogen-bond donors (Lipinski definition) is 4. The second-order valence-corrected chi connectivity index (χ2v) is 5.56. The van der Waals surface area contributed by atoms with Crippen LogP contribution in [0.15, 0.2) is 0 Å². The zero-order chi connectivity index (χ0) is 21.5. The quantitative estimate of drug-likeness (QED) is 0.215. The summed E-state index contributed by atoms with van der Waals surface area (Å²) in [5.41, 5.74) is 5.28. The lowest BCUT2D eigenvalue weighted by Gasteiger charge is -2.20. The van der Waals surface area contributed by atoms with Crippen LogP contribution in [0.1, 0.15) is 25.7 Å². The third kappa shape index (κ3) is 10.3. The Morgan fingerprint density at radius 3 is 1.75 bits per heavy atom. The summed E-state index contributed by atoms with van der Waals surface area (Å²) in [6.45, 7) is 0.559. The number of urea groups is 1. The Bertz CT molecular complexity index is 555. The predicted molar refractivity (Wildman–Crippen MR) is 95.8 cm³/mol. The highest BCUT2D eigenvalue weighted by Gasteiger charge is 2.26. The first-order valence-corrected chi connectivity index (χ1v) is 8.55. The summed E-state index contributed by atoms with van der Waals surface area (Å²) in [4.78, 5) is 58.6. The highest BCUT2D eigenvalue weighted by molar-refractivity contribution is 5.87. The molecule has 12 heteroatoms. The molecule has 28 heavy (non-hydrogen) atoms. The van der Waals surface area contributed by atoms with Crippen molar-refractivity contribution < 1.29 is 38.2 Å². The third-order valence-electron chi connectivity index (χ3n) is 3.57. The summed E-state index contributed by atoms with van der Waals surface area (Å²) in [6, 6.07) is -3.11. The number of carbonyl (C=O) groups is 5. The Morgan fingerprint density at radius 1 is 0.821 bits per heavy atom. The molecule has 0 aliphatic heterocycles. The van der Waals surface area contributed by atoms with Gasteiger partial charge in [0.1, 0.15) is 12.1 Å². The monoisotopic (exact) mass is 404 g/mol. The Hall–Kier alpha value is -2.89. The van der Waals surface area contributed by atoms with Gasteiger partial charge in [-0.2, -0.15) is 0 Å². The molecule has 0 aliphatic rings. The molecule has 3 amide bonds. The fraction of sp³-hybridized carbons (Fsp3) is 0.688. The van der Waals surface area contributed by atoms with E-state index in [-0.39, 0.29) is 44.7 Å². The number of carbonyl (C=O) groups excluding carboxylic acids is 5. The molecule has 0 aromatic heterocycles. The summed E-state index contributed by atoms with van der Waals surface area (Å²) >= 11 is 0. The molecule has 0 bridgehead atoms. The number of amides is 3. The summed E-state index contributed by atoms with van der Waals surface area (Å²) in [6.07, 6.45) is -0.264. The number of esters is 3. The molecule has 0 aromatic carbocycles. The maximum Gasteiger partial charge on any atom is 0.328 e.